The van der Waals surface area contributed by atoms with Crippen LogP contribution in [0, 0.1) is 0 Å². The Balaban J connectivity index is 1.61. The van der Waals surface area contributed by atoms with E-state index in [1.807, 2.05) is 37.3 Å². The summed E-state index contributed by atoms with van der Waals surface area (Å²) < 4.78 is 36.2. The average molecular weight is 504 g/mol. The molecule has 0 bridgehead atoms. The van der Waals surface area contributed by atoms with E-state index in [0.29, 0.717) is 43.6 Å². The van der Waals surface area contributed by atoms with Crippen LogP contribution in [0.15, 0.2) is 47.4 Å². The largest absolute Gasteiger partial charge is 0.494 e. The lowest BCUT2D eigenvalue weighted by molar-refractivity contribution is -0.118. The third-order valence-electron chi connectivity index (χ3n) is 5.64. The normalized spacial score (nSPS) is 14.9. The molecule has 10 heteroatoms. The monoisotopic (exact) mass is 503 g/mol. The molecule has 1 aromatic heterocycles. The molecule has 0 saturated carbocycles. The molecule has 2 aromatic carbocycles. The molecule has 3 aromatic rings. The maximum absolute atomic E-state index is 13.5. The summed E-state index contributed by atoms with van der Waals surface area (Å²) in [5.41, 5.74) is 1.29. The van der Waals surface area contributed by atoms with Gasteiger partial charge in [0.25, 0.3) is 0 Å². The number of carbonyl (C=O) groups excluding carboxylic acids is 1. The molecule has 1 amide bonds. The number of benzene rings is 2. The van der Waals surface area contributed by atoms with Crippen molar-refractivity contribution in [1.29, 1.82) is 0 Å². The number of ether oxygens (including phenoxy) is 2. The maximum atomic E-state index is 13.5. The van der Waals surface area contributed by atoms with Gasteiger partial charge in [0.15, 0.2) is 15.0 Å². The van der Waals surface area contributed by atoms with Crippen LogP contribution < -0.4 is 9.64 Å². The summed E-state index contributed by atoms with van der Waals surface area (Å²) in [6.45, 7) is 6.66. The number of thiazole rings is 1. The predicted molar refractivity (Wildman–Crippen MR) is 134 cm³/mol. The molecule has 4 rings (SSSR count). The standard InChI is InChI=1S/C24H29N3O5S2/c1-3-32-19-9-7-18(8-10-19)17-22(28)27(12-11-26-13-15-31-16-14-26)24-25-23-20(33-24)5-4-6-21(23)34(2,29)30/h4-10H,3,11-17H2,1-2H3. The Labute approximate surface area is 204 Å². The highest BCUT2D eigenvalue weighted by molar-refractivity contribution is 7.91. The summed E-state index contributed by atoms with van der Waals surface area (Å²) in [5.74, 6) is 0.680. The topological polar surface area (TPSA) is 89.0 Å². The van der Waals surface area contributed by atoms with Crippen LogP contribution in [0.1, 0.15) is 12.5 Å². The van der Waals surface area contributed by atoms with Crippen molar-refractivity contribution in [2.45, 2.75) is 18.2 Å². The lowest BCUT2D eigenvalue weighted by Crippen LogP contribution is -2.43. The van der Waals surface area contributed by atoms with E-state index in [9.17, 15) is 13.2 Å². The fraction of sp³-hybridized carbons (Fsp3) is 0.417. The Bertz CT molecular complexity index is 1240. The second-order valence-electron chi connectivity index (χ2n) is 8.12. The van der Waals surface area contributed by atoms with Crippen molar-refractivity contribution in [3.8, 4) is 5.75 Å². The Morgan fingerprint density at radius 2 is 1.91 bits per heavy atom. The number of amides is 1. The van der Waals surface area contributed by atoms with E-state index >= 15 is 0 Å². The number of aromatic nitrogens is 1. The third kappa shape index (κ3) is 5.93. The Hall–Kier alpha value is -2.53. The second kappa shape index (κ2) is 10.8. The summed E-state index contributed by atoms with van der Waals surface area (Å²) >= 11 is 1.34. The molecule has 1 aliphatic rings. The van der Waals surface area contributed by atoms with Crippen LogP contribution in [0.4, 0.5) is 5.13 Å². The summed E-state index contributed by atoms with van der Waals surface area (Å²) in [5, 5.41) is 0.510. The van der Waals surface area contributed by atoms with Crippen molar-refractivity contribution in [1.82, 2.24) is 9.88 Å². The van der Waals surface area contributed by atoms with Gasteiger partial charge in [0.1, 0.15) is 11.3 Å². The highest BCUT2D eigenvalue weighted by Gasteiger charge is 2.24. The number of rotatable bonds is 9. The first kappa shape index (κ1) is 24.6. The van der Waals surface area contributed by atoms with Gasteiger partial charge in [-0.3, -0.25) is 14.6 Å². The molecule has 0 aliphatic carbocycles. The average Bonchev–Trinajstić information content (AvgIpc) is 3.24. The van der Waals surface area contributed by atoms with Crippen LogP contribution in [0.5, 0.6) is 5.75 Å². The van der Waals surface area contributed by atoms with Crippen LogP contribution >= 0.6 is 11.3 Å². The highest BCUT2D eigenvalue weighted by atomic mass is 32.2. The zero-order valence-corrected chi connectivity index (χ0v) is 21.0. The van der Waals surface area contributed by atoms with Gasteiger partial charge in [-0.2, -0.15) is 0 Å². The first-order valence-corrected chi connectivity index (χ1v) is 14.0. The first-order valence-electron chi connectivity index (χ1n) is 11.3. The molecule has 8 nitrogen and oxygen atoms in total. The SMILES string of the molecule is CCOc1ccc(CC(=O)N(CCN2CCOCC2)c2nc3c(S(C)(=O)=O)cccc3s2)cc1. The number of hydrogen-bond acceptors (Lipinski definition) is 8. The zero-order valence-electron chi connectivity index (χ0n) is 19.4. The number of carbonyl (C=O) groups is 1. The number of sulfone groups is 1. The van der Waals surface area contributed by atoms with Gasteiger partial charge in [0, 0.05) is 32.4 Å². The third-order valence-corrected chi connectivity index (χ3v) is 7.81. The Morgan fingerprint density at radius 1 is 1.18 bits per heavy atom. The molecular formula is C24H29N3O5S2. The molecule has 0 spiro atoms. The smallest absolute Gasteiger partial charge is 0.233 e. The van der Waals surface area contributed by atoms with Crippen molar-refractivity contribution >= 4 is 42.4 Å². The van der Waals surface area contributed by atoms with Gasteiger partial charge < -0.3 is 9.47 Å². The zero-order chi connectivity index (χ0) is 24.1. The van der Waals surface area contributed by atoms with Crippen LogP contribution in [0.2, 0.25) is 0 Å². The van der Waals surface area contributed by atoms with Crippen LogP contribution in [0.25, 0.3) is 10.2 Å². The van der Waals surface area contributed by atoms with Gasteiger partial charge in [-0.1, -0.05) is 29.5 Å². The van der Waals surface area contributed by atoms with Crippen LogP contribution in [-0.2, 0) is 25.8 Å². The van der Waals surface area contributed by atoms with Crippen LogP contribution in [-0.4, -0.2) is 76.5 Å². The molecule has 182 valence electrons. The minimum Gasteiger partial charge on any atom is -0.494 e. The number of fused-ring (bicyclic) bond motifs is 1. The van der Waals surface area contributed by atoms with Crippen molar-refractivity contribution in [3.05, 3.63) is 48.0 Å². The number of anilines is 1. The molecule has 0 atom stereocenters. The van der Waals surface area contributed by atoms with Crippen molar-refractivity contribution < 1.29 is 22.7 Å². The molecule has 2 heterocycles. The molecule has 1 saturated heterocycles. The fourth-order valence-corrected chi connectivity index (χ4v) is 5.79. The fourth-order valence-electron chi connectivity index (χ4n) is 3.86. The molecule has 0 radical (unpaired) electrons. The van der Waals surface area contributed by atoms with Gasteiger partial charge >= 0.3 is 0 Å². The van der Waals surface area contributed by atoms with E-state index in [1.165, 1.54) is 17.6 Å². The molecule has 1 fully saturated rings. The molecule has 0 unspecified atom stereocenters. The van der Waals surface area contributed by atoms with Gasteiger partial charge in [-0.05, 0) is 36.8 Å². The lowest BCUT2D eigenvalue weighted by Gasteiger charge is -2.29. The molecule has 1 aliphatic heterocycles. The number of hydrogen-bond donors (Lipinski definition) is 0. The molecule has 0 N–H and O–H groups in total. The maximum Gasteiger partial charge on any atom is 0.233 e. The van der Waals surface area contributed by atoms with E-state index in [0.717, 1.165) is 29.1 Å². The molecular weight excluding hydrogens is 474 g/mol. The quantitative estimate of drug-likeness (QED) is 0.443. The van der Waals surface area contributed by atoms with E-state index in [-0.39, 0.29) is 17.2 Å². The summed E-state index contributed by atoms with van der Waals surface area (Å²) in [7, 11) is -3.44. The van der Waals surface area contributed by atoms with Gasteiger partial charge in [-0.15, -0.1) is 0 Å². The van der Waals surface area contributed by atoms with E-state index in [1.54, 1.807) is 17.0 Å². The van der Waals surface area contributed by atoms with Crippen molar-refractivity contribution in [3.63, 3.8) is 0 Å². The second-order valence-corrected chi connectivity index (χ2v) is 11.1. The summed E-state index contributed by atoms with van der Waals surface area (Å²) in [6, 6.07) is 12.6. The van der Waals surface area contributed by atoms with Gasteiger partial charge in [0.05, 0.1) is 35.8 Å². The van der Waals surface area contributed by atoms with Crippen molar-refractivity contribution in [2.24, 2.45) is 0 Å². The number of morpholine rings is 1. The Morgan fingerprint density at radius 3 is 2.59 bits per heavy atom. The summed E-state index contributed by atoms with van der Waals surface area (Å²) in [6.07, 6.45) is 1.39. The van der Waals surface area contributed by atoms with E-state index < -0.39 is 9.84 Å². The lowest BCUT2D eigenvalue weighted by atomic mass is 10.1. The molecule has 34 heavy (non-hydrogen) atoms. The van der Waals surface area contributed by atoms with Gasteiger partial charge in [0.2, 0.25) is 5.91 Å². The minimum atomic E-state index is -3.44. The van der Waals surface area contributed by atoms with Crippen LogP contribution in [0.3, 0.4) is 0 Å². The van der Waals surface area contributed by atoms with Crippen molar-refractivity contribution in [2.75, 3.05) is 57.2 Å². The predicted octanol–water partition coefficient (Wildman–Crippen LogP) is 3.01. The summed E-state index contributed by atoms with van der Waals surface area (Å²) in [4.78, 5) is 22.2. The van der Waals surface area contributed by atoms with E-state index in [2.05, 4.69) is 9.88 Å². The van der Waals surface area contributed by atoms with Gasteiger partial charge in [-0.25, -0.2) is 13.4 Å². The number of para-hydroxylation sites is 1. The Kier molecular flexibility index (Phi) is 7.82. The minimum absolute atomic E-state index is 0.0858. The first-order chi connectivity index (χ1) is 16.3. The van der Waals surface area contributed by atoms with E-state index in [4.69, 9.17) is 9.47 Å². The number of nitrogens with zero attached hydrogens (tertiary/aromatic N) is 3. The highest BCUT2D eigenvalue weighted by Crippen LogP contribution is 2.33.